The van der Waals surface area contributed by atoms with E-state index >= 15 is 4.39 Å². The fraction of sp³-hybridized carbons (Fsp3) is 0.235. The molecule has 0 aliphatic heterocycles. The number of aliphatic carboxylic acids is 1. The van der Waals surface area contributed by atoms with E-state index in [1.807, 2.05) is 24.3 Å². The second-order valence-electron chi connectivity index (χ2n) is 10.4. The Balaban J connectivity index is 1.40. The molecule has 0 heterocycles. The Morgan fingerprint density at radius 1 is 0.707 bits per heavy atom. The molecule has 0 amide bonds. The standard InChI is InChI=1S/C34H29FO6/c1-39-26-17-9-5-13-22(26)28-30(32(36)37)29(23-14-6-10-18-27(23)40-2)31(28)33(38)41-19-34(35)24-15-7-3-11-20(24)21-12-4-8-16-25(21)34/h3-18,28-31H,19H2,1-2H3,(H,36,37)/t28-,29-,30-,31-/m0/s1. The third kappa shape index (κ3) is 4.15. The summed E-state index contributed by atoms with van der Waals surface area (Å²) in [6.45, 7) is -0.536. The fourth-order valence-corrected chi connectivity index (χ4v) is 6.70. The lowest BCUT2D eigenvalue weighted by Crippen LogP contribution is -2.52. The minimum absolute atomic E-state index is 0.438. The van der Waals surface area contributed by atoms with Crippen molar-refractivity contribution in [3.63, 3.8) is 0 Å². The highest BCUT2D eigenvalue weighted by atomic mass is 19.1. The van der Waals surface area contributed by atoms with Gasteiger partial charge in [-0.1, -0.05) is 84.9 Å². The Morgan fingerprint density at radius 3 is 1.61 bits per heavy atom. The summed E-state index contributed by atoms with van der Waals surface area (Å²) in [5.41, 5.74) is 1.52. The van der Waals surface area contributed by atoms with Gasteiger partial charge in [0.1, 0.15) is 18.1 Å². The number of carbonyl (C=O) groups excluding carboxylic acids is 1. The number of esters is 1. The zero-order valence-corrected chi connectivity index (χ0v) is 22.6. The number of hydrogen-bond acceptors (Lipinski definition) is 5. The summed E-state index contributed by atoms with van der Waals surface area (Å²) in [6.07, 6.45) is 0. The molecule has 2 atom stereocenters. The van der Waals surface area contributed by atoms with E-state index < -0.39 is 47.9 Å². The molecule has 0 aromatic heterocycles. The van der Waals surface area contributed by atoms with Gasteiger partial charge in [-0.3, -0.25) is 9.59 Å². The van der Waals surface area contributed by atoms with E-state index in [0.717, 1.165) is 11.1 Å². The van der Waals surface area contributed by atoms with E-state index in [2.05, 4.69) is 0 Å². The molecule has 1 N–H and O–H groups in total. The van der Waals surface area contributed by atoms with Crippen LogP contribution in [0.2, 0.25) is 0 Å². The first-order chi connectivity index (χ1) is 19.9. The molecule has 2 aliphatic rings. The van der Waals surface area contributed by atoms with Crippen molar-refractivity contribution in [2.24, 2.45) is 11.8 Å². The molecule has 4 aromatic carbocycles. The highest BCUT2D eigenvalue weighted by Crippen LogP contribution is 2.61. The lowest BCUT2D eigenvalue weighted by atomic mass is 9.52. The maximum absolute atomic E-state index is 16.9. The number of alkyl halides is 1. The van der Waals surface area contributed by atoms with E-state index in [1.54, 1.807) is 72.8 Å². The molecular weight excluding hydrogens is 523 g/mol. The lowest BCUT2D eigenvalue weighted by molar-refractivity contribution is -0.166. The van der Waals surface area contributed by atoms with Crippen molar-refractivity contribution in [3.05, 3.63) is 119 Å². The fourth-order valence-electron chi connectivity index (χ4n) is 6.70. The number of para-hydroxylation sites is 2. The van der Waals surface area contributed by atoms with Crippen molar-refractivity contribution in [1.29, 1.82) is 0 Å². The number of halogens is 1. The molecule has 6 rings (SSSR count). The van der Waals surface area contributed by atoms with Gasteiger partial charge in [0.05, 0.1) is 26.1 Å². The Morgan fingerprint density at radius 2 is 1.15 bits per heavy atom. The van der Waals surface area contributed by atoms with Gasteiger partial charge in [-0.05, 0) is 34.4 Å². The average molecular weight is 553 g/mol. The Hall–Kier alpha value is -4.65. The van der Waals surface area contributed by atoms with Crippen LogP contribution in [0, 0.1) is 11.8 Å². The van der Waals surface area contributed by atoms with Gasteiger partial charge in [0.25, 0.3) is 0 Å². The molecule has 6 nitrogen and oxygen atoms in total. The molecule has 0 radical (unpaired) electrons. The summed E-state index contributed by atoms with van der Waals surface area (Å²) < 4.78 is 33.9. The van der Waals surface area contributed by atoms with Crippen LogP contribution in [0.5, 0.6) is 11.5 Å². The van der Waals surface area contributed by atoms with Crippen molar-refractivity contribution in [1.82, 2.24) is 0 Å². The topological polar surface area (TPSA) is 82.1 Å². The van der Waals surface area contributed by atoms with E-state index in [9.17, 15) is 14.7 Å². The first-order valence-corrected chi connectivity index (χ1v) is 13.4. The van der Waals surface area contributed by atoms with E-state index in [4.69, 9.17) is 14.2 Å². The third-order valence-electron chi connectivity index (χ3n) is 8.51. The van der Waals surface area contributed by atoms with Crippen LogP contribution in [0.3, 0.4) is 0 Å². The van der Waals surface area contributed by atoms with Crippen LogP contribution in [-0.4, -0.2) is 37.9 Å². The van der Waals surface area contributed by atoms with E-state index in [-0.39, 0.29) is 0 Å². The first kappa shape index (κ1) is 26.6. The zero-order chi connectivity index (χ0) is 28.7. The summed E-state index contributed by atoms with van der Waals surface area (Å²) in [4.78, 5) is 26.7. The first-order valence-electron chi connectivity index (χ1n) is 13.4. The number of carbonyl (C=O) groups is 2. The normalized spacial score (nSPS) is 21.6. The largest absolute Gasteiger partial charge is 0.496 e. The Bertz CT molecular complexity index is 1530. The maximum Gasteiger partial charge on any atom is 0.310 e. The number of benzene rings is 4. The SMILES string of the molecule is COc1ccccc1[C@H]1[C@H](C(=O)O)[C@H](c2ccccc2OC)[C@H]1C(=O)OCC1(F)c2ccccc2-c2ccccc21. The second kappa shape index (κ2) is 10.4. The van der Waals surface area contributed by atoms with Crippen LogP contribution in [0.25, 0.3) is 11.1 Å². The van der Waals surface area contributed by atoms with Crippen molar-refractivity contribution in [2.45, 2.75) is 17.5 Å². The third-order valence-corrected chi connectivity index (χ3v) is 8.51. The summed E-state index contributed by atoms with van der Waals surface area (Å²) in [6, 6.07) is 28.5. The number of rotatable bonds is 8. The van der Waals surface area contributed by atoms with Gasteiger partial charge in [0.2, 0.25) is 0 Å². The zero-order valence-electron chi connectivity index (χ0n) is 22.6. The second-order valence-corrected chi connectivity index (χ2v) is 10.4. The smallest absolute Gasteiger partial charge is 0.310 e. The number of ether oxygens (including phenoxy) is 3. The van der Waals surface area contributed by atoms with Gasteiger partial charge in [-0.15, -0.1) is 0 Å². The number of methoxy groups -OCH3 is 2. The molecule has 41 heavy (non-hydrogen) atoms. The summed E-state index contributed by atoms with van der Waals surface area (Å²) in [5, 5.41) is 10.4. The van der Waals surface area contributed by atoms with Crippen molar-refractivity contribution in [3.8, 4) is 22.6 Å². The van der Waals surface area contributed by atoms with Gasteiger partial charge in [-0.2, -0.15) is 0 Å². The number of carboxylic acids is 1. The predicted octanol–water partition coefficient (Wildman–Crippen LogP) is 6.34. The molecule has 0 spiro atoms. The lowest BCUT2D eigenvalue weighted by Gasteiger charge is -2.49. The van der Waals surface area contributed by atoms with E-state index in [0.29, 0.717) is 33.8 Å². The highest BCUT2D eigenvalue weighted by molar-refractivity contribution is 5.86. The molecule has 1 saturated carbocycles. The molecular formula is C34H29FO6. The van der Waals surface area contributed by atoms with Crippen LogP contribution >= 0.6 is 0 Å². The number of fused-ring (bicyclic) bond motifs is 3. The van der Waals surface area contributed by atoms with Crippen LogP contribution in [0.1, 0.15) is 34.1 Å². The maximum atomic E-state index is 16.9. The van der Waals surface area contributed by atoms with Gasteiger partial charge >= 0.3 is 11.9 Å². The number of hydrogen-bond donors (Lipinski definition) is 1. The van der Waals surface area contributed by atoms with Crippen LogP contribution in [-0.2, 0) is 20.0 Å². The van der Waals surface area contributed by atoms with E-state index in [1.165, 1.54) is 14.2 Å². The molecule has 7 heteroatoms. The van der Waals surface area contributed by atoms with Gasteiger partial charge < -0.3 is 19.3 Å². The van der Waals surface area contributed by atoms with Crippen molar-refractivity contribution in [2.75, 3.05) is 20.8 Å². The monoisotopic (exact) mass is 552 g/mol. The Labute approximate surface area is 237 Å². The van der Waals surface area contributed by atoms with Gasteiger partial charge in [0, 0.05) is 23.0 Å². The molecule has 4 aromatic rings. The molecule has 0 bridgehead atoms. The summed E-state index contributed by atoms with van der Waals surface area (Å²) >= 11 is 0. The molecule has 208 valence electrons. The van der Waals surface area contributed by atoms with Crippen LogP contribution < -0.4 is 9.47 Å². The van der Waals surface area contributed by atoms with Crippen molar-refractivity contribution >= 4 is 11.9 Å². The summed E-state index contributed by atoms with van der Waals surface area (Å²) in [7, 11) is 3.00. The predicted molar refractivity (Wildman–Crippen MR) is 151 cm³/mol. The quantitative estimate of drug-likeness (QED) is 0.257. The minimum atomic E-state index is -2.04. The van der Waals surface area contributed by atoms with Crippen molar-refractivity contribution < 1.29 is 33.3 Å². The van der Waals surface area contributed by atoms with Gasteiger partial charge in [-0.25, -0.2) is 4.39 Å². The molecule has 1 fully saturated rings. The summed E-state index contributed by atoms with van der Waals surface area (Å²) in [5.74, 6) is -4.18. The molecule has 0 unspecified atom stereocenters. The average Bonchev–Trinajstić information content (AvgIpc) is 3.24. The minimum Gasteiger partial charge on any atom is -0.496 e. The highest BCUT2D eigenvalue weighted by Gasteiger charge is 2.61. The number of carboxylic acid groups (broad SMARTS) is 1. The molecule has 2 aliphatic carbocycles. The Kier molecular flexibility index (Phi) is 6.73. The van der Waals surface area contributed by atoms with Crippen LogP contribution in [0.15, 0.2) is 97.1 Å². The van der Waals surface area contributed by atoms with Crippen LogP contribution in [0.4, 0.5) is 4.39 Å². The van der Waals surface area contributed by atoms with Gasteiger partial charge in [0.15, 0.2) is 5.67 Å². The molecule has 0 saturated heterocycles.